The Hall–Kier alpha value is -2.67. The minimum absolute atomic E-state index is 0.409. The molecule has 0 saturated heterocycles. The van der Waals surface area contributed by atoms with Crippen LogP contribution in [0.25, 0.3) is 0 Å². The average Bonchev–Trinajstić information content (AvgIpc) is 2.49. The van der Waals surface area contributed by atoms with E-state index in [0.717, 1.165) is 17.8 Å². The molecule has 94 valence electrons. The molecule has 0 aliphatic heterocycles. The Morgan fingerprint density at radius 2 is 2.00 bits per heavy atom. The zero-order valence-corrected chi connectivity index (χ0v) is 10.4. The minimum Gasteiger partial charge on any atom is -0.325 e. The Morgan fingerprint density at radius 1 is 1.21 bits per heavy atom. The van der Waals surface area contributed by atoms with Crippen molar-refractivity contribution in [3.63, 3.8) is 0 Å². The molecule has 0 unspecified atom stereocenters. The zero-order chi connectivity index (χ0) is 13.5. The lowest BCUT2D eigenvalue weighted by atomic mass is 10.2. The van der Waals surface area contributed by atoms with Crippen molar-refractivity contribution in [2.24, 2.45) is 0 Å². The van der Waals surface area contributed by atoms with Crippen LogP contribution in [0.1, 0.15) is 16.8 Å². The third kappa shape index (κ3) is 3.17. The first kappa shape index (κ1) is 12.8. The molecule has 1 aromatic carbocycles. The number of carbonyl (C=O) groups excluding carboxylic acids is 1. The predicted octanol–water partition coefficient (Wildman–Crippen LogP) is 2.95. The van der Waals surface area contributed by atoms with Crippen molar-refractivity contribution in [2.75, 3.05) is 11.4 Å². The first-order valence-corrected chi connectivity index (χ1v) is 5.96. The van der Waals surface area contributed by atoms with Gasteiger partial charge in [-0.05, 0) is 24.3 Å². The summed E-state index contributed by atoms with van der Waals surface area (Å²) in [5.41, 5.74) is 1.51. The van der Waals surface area contributed by atoms with Crippen LogP contribution in [0.4, 0.5) is 11.5 Å². The Morgan fingerprint density at radius 3 is 2.58 bits per heavy atom. The lowest BCUT2D eigenvalue weighted by Gasteiger charge is -2.22. The number of para-hydroxylation sites is 1. The van der Waals surface area contributed by atoms with Gasteiger partial charge in [0.1, 0.15) is 5.82 Å². The van der Waals surface area contributed by atoms with Crippen molar-refractivity contribution in [2.45, 2.75) is 6.42 Å². The number of hydrogen-bond donors (Lipinski definition) is 0. The van der Waals surface area contributed by atoms with E-state index < -0.39 is 0 Å². The molecule has 1 heterocycles. The summed E-state index contributed by atoms with van der Waals surface area (Å²) in [4.78, 5) is 16.9. The molecule has 19 heavy (non-hydrogen) atoms. The SMILES string of the molecule is N#CCCN(c1ccccc1)c1ccc(C=O)cn1. The number of nitriles is 1. The highest BCUT2D eigenvalue weighted by Gasteiger charge is 2.09. The molecule has 0 saturated carbocycles. The summed E-state index contributed by atoms with van der Waals surface area (Å²) in [6, 6.07) is 15.4. The summed E-state index contributed by atoms with van der Waals surface area (Å²) in [6.07, 6.45) is 2.70. The van der Waals surface area contributed by atoms with Crippen molar-refractivity contribution < 1.29 is 4.79 Å². The van der Waals surface area contributed by atoms with Crippen LogP contribution in [0.5, 0.6) is 0 Å². The van der Waals surface area contributed by atoms with Gasteiger partial charge in [0.05, 0.1) is 12.5 Å². The van der Waals surface area contributed by atoms with Crippen LogP contribution in [0.15, 0.2) is 48.7 Å². The van der Waals surface area contributed by atoms with Gasteiger partial charge in [0.2, 0.25) is 0 Å². The van der Waals surface area contributed by atoms with Gasteiger partial charge < -0.3 is 4.90 Å². The molecule has 2 aromatic rings. The van der Waals surface area contributed by atoms with Gasteiger partial charge in [0, 0.05) is 24.0 Å². The van der Waals surface area contributed by atoms with Crippen LogP contribution in [-0.4, -0.2) is 17.8 Å². The van der Waals surface area contributed by atoms with E-state index in [1.807, 2.05) is 35.2 Å². The van der Waals surface area contributed by atoms with Gasteiger partial charge >= 0.3 is 0 Å². The molecule has 0 amide bonds. The molecule has 0 radical (unpaired) electrons. The Kier molecular flexibility index (Phi) is 4.25. The van der Waals surface area contributed by atoms with E-state index in [1.54, 1.807) is 12.1 Å². The van der Waals surface area contributed by atoms with Gasteiger partial charge in [-0.2, -0.15) is 5.26 Å². The number of aldehydes is 1. The number of anilines is 2. The Balaban J connectivity index is 2.31. The summed E-state index contributed by atoms with van der Waals surface area (Å²) in [7, 11) is 0. The third-order valence-corrected chi connectivity index (χ3v) is 2.70. The highest BCUT2D eigenvalue weighted by Crippen LogP contribution is 2.23. The summed E-state index contributed by atoms with van der Waals surface area (Å²) in [5, 5.41) is 8.75. The van der Waals surface area contributed by atoms with Crippen molar-refractivity contribution >= 4 is 17.8 Å². The molecule has 0 aliphatic rings. The fourth-order valence-electron chi connectivity index (χ4n) is 1.77. The van der Waals surface area contributed by atoms with Crippen molar-refractivity contribution in [3.05, 3.63) is 54.2 Å². The van der Waals surface area contributed by atoms with Crippen LogP contribution in [-0.2, 0) is 0 Å². The van der Waals surface area contributed by atoms with Crippen molar-refractivity contribution in [1.29, 1.82) is 5.26 Å². The average molecular weight is 251 g/mol. The van der Waals surface area contributed by atoms with Crippen LogP contribution >= 0.6 is 0 Å². The normalized spacial score (nSPS) is 9.63. The maximum atomic E-state index is 10.6. The molecule has 4 nitrogen and oxygen atoms in total. The van der Waals surface area contributed by atoms with Crippen LogP contribution in [0.3, 0.4) is 0 Å². The van der Waals surface area contributed by atoms with E-state index in [2.05, 4.69) is 11.1 Å². The fourth-order valence-corrected chi connectivity index (χ4v) is 1.77. The quantitative estimate of drug-likeness (QED) is 0.766. The molecule has 2 rings (SSSR count). The first-order chi connectivity index (χ1) is 9.35. The smallest absolute Gasteiger partial charge is 0.151 e. The third-order valence-electron chi connectivity index (χ3n) is 2.70. The Labute approximate surface area is 111 Å². The van der Waals surface area contributed by atoms with E-state index in [4.69, 9.17) is 5.26 Å². The zero-order valence-electron chi connectivity index (χ0n) is 10.4. The summed E-state index contributed by atoms with van der Waals surface area (Å²) in [5.74, 6) is 0.729. The number of benzene rings is 1. The number of hydrogen-bond acceptors (Lipinski definition) is 4. The van der Waals surface area contributed by atoms with Gasteiger partial charge in [-0.25, -0.2) is 4.98 Å². The number of aromatic nitrogens is 1. The Bertz CT molecular complexity index is 573. The van der Waals surface area contributed by atoms with Gasteiger partial charge in [0.15, 0.2) is 6.29 Å². The maximum absolute atomic E-state index is 10.6. The number of rotatable bonds is 5. The second kappa shape index (κ2) is 6.31. The summed E-state index contributed by atoms with van der Waals surface area (Å²) < 4.78 is 0. The molecular formula is C15H13N3O. The second-order valence-corrected chi connectivity index (χ2v) is 3.96. The van der Waals surface area contributed by atoms with E-state index in [9.17, 15) is 4.79 Å². The molecule has 0 bridgehead atoms. The fraction of sp³-hybridized carbons (Fsp3) is 0.133. The monoisotopic (exact) mass is 251 g/mol. The number of carbonyl (C=O) groups is 1. The van der Waals surface area contributed by atoms with Crippen LogP contribution < -0.4 is 4.90 Å². The predicted molar refractivity (Wildman–Crippen MR) is 73.3 cm³/mol. The summed E-state index contributed by atoms with van der Waals surface area (Å²) in [6.45, 7) is 0.563. The number of nitrogens with zero attached hydrogens (tertiary/aromatic N) is 3. The lowest BCUT2D eigenvalue weighted by Crippen LogP contribution is -2.19. The minimum atomic E-state index is 0.409. The van der Waals surface area contributed by atoms with Crippen LogP contribution in [0, 0.1) is 11.3 Å². The lowest BCUT2D eigenvalue weighted by molar-refractivity contribution is 0.112. The van der Waals surface area contributed by atoms with E-state index in [-0.39, 0.29) is 0 Å². The van der Waals surface area contributed by atoms with E-state index >= 15 is 0 Å². The molecule has 4 heteroatoms. The topological polar surface area (TPSA) is 57.0 Å². The second-order valence-electron chi connectivity index (χ2n) is 3.96. The highest BCUT2D eigenvalue weighted by atomic mass is 16.1. The maximum Gasteiger partial charge on any atom is 0.151 e. The molecule has 0 aliphatic carbocycles. The standard InChI is InChI=1S/C15H13N3O/c16-9-4-10-18(14-5-2-1-3-6-14)15-8-7-13(12-19)11-17-15/h1-3,5-8,11-12H,4,10H2. The van der Waals surface area contributed by atoms with Gasteiger partial charge in [-0.1, -0.05) is 18.2 Å². The molecule has 0 spiro atoms. The summed E-state index contributed by atoms with van der Waals surface area (Å²) >= 11 is 0. The molecule has 0 atom stereocenters. The number of pyridine rings is 1. The van der Waals surface area contributed by atoms with Gasteiger partial charge in [0.25, 0.3) is 0 Å². The molecule has 1 aromatic heterocycles. The van der Waals surface area contributed by atoms with Crippen molar-refractivity contribution in [3.8, 4) is 6.07 Å². The molecule has 0 N–H and O–H groups in total. The largest absolute Gasteiger partial charge is 0.325 e. The highest BCUT2D eigenvalue weighted by molar-refractivity contribution is 5.75. The molecule has 0 fully saturated rings. The first-order valence-electron chi connectivity index (χ1n) is 5.96. The van der Waals surface area contributed by atoms with Gasteiger partial charge in [-0.15, -0.1) is 0 Å². The van der Waals surface area contributed by atoms with Crippen molar-refractivity contribution in [1.82, 2.24) is 4.98 Å². The van der Waals surface area contributed by atoms with Gasteiger partial charge in [-0.3, -0.25) is 4.79 Å². The molecular weight excluding hydrogens is 238 g/mol. The van der Waals surface area contributed by atoms with E-state index in [1.165, 1.54) is 6.20 Å². The van der Waals surface area contributed by atoms with Crippen LogP contribution in [0.2, 0.25) is 0 Å². The van der Waals surface area contributed by atoms with E-state index in [0.29, 0.717) is 18.5 Å².